The number of benzene rings is 1. The van der Waals surface area contributed by atoms with Crippen molar-refractivity contribution in [3.05, 3.63) is 40.6 Å². The average molecular weight is 461 g/mol. The Morgan fingerprint density at radius 2 is 1.88 bits per heavy atom. The highest BCUT2D eigenvalue weighted by Gasteiger charge is 2.59. The molecule has 2 heterocycles. The lowest BCUT2D eigenvalue weighted by atomic mass is 9.84. The lowest BCUT2D eigenvalue weighted by Gasteiger charge is -2.30. The average Bonchev–Trinajstić information content (AvgIpc) is 3.09. The lowest BCUT2D eigenvalue weighted by Crippen LogP contribution is -2.50. The summed E-state index contributed by atoms with van der Waals surface area (Å²) in [5.41, 5.74) is -0.235. The van der Waals surface area contributed by atoms with Gasteiger partial charge in [-0.1, -0.05) is 13.0 Å². The molecule has 3 saturated carbocycles. The maximum atomic E-state index is 13.8. The molecule has 3 fully saturated rings. The van der Waals surface area contributed by atoms with Crippen LogP contribution in [0.2, 0.25) is 0 Å². The first-order valence-corrected chi connectivity index (χ1v) is 11.6. The number of aromatic nitrogens is 2. The van der Waals surface area contributed by atoms with Gasteiger partial charge in [0.05, 0.1) is 11.0 Å². The molecule has 2 atom stereocenters. The third-order valence-corrected chi connectivity index (χ3v) is 8.15. The van der Waals surface area contributed by atoms with Crippen molar-refractivity contribution in [2.75, 3.05) is 0 Å². The van der Waals surface area contributed by atoms with E-state index >= 15 is 0 Å². The van der Waals surface area contributed by atoms with E-state index in [9.17, 15) is 18.0 Å². The molecule has 2 aromatic rings. The molecule has 3 aliphatic carbocycles. The Morgan fingerprint density at radius 1 is 1.15 bits per heavy atom. The van der Waals surface area contributed by atoms with Crippen LogP contribution in [0.5, 0.6) is 5.75 Å². The van der Waals surface area contributed by atoms with Crippen molar-refractivity contribution < 1.29 is 27.1 Å². The maximum absolute atomic E-state index is 13.8. The van der Waals surface area contributed by atoms with Gasteiger partial charge in [0.15, 0.2) is 6.10 Å². The number of hydrogen-bond acceptors (Lipinski definition) is 5. The van der Waals surface area contributed by atoms with Crippen molar-refractivity contribution in [3.8, 4) is 5.75 Å². The number of carbonyl (C=O) groups is 1. The Morgan fingerprint density at radius 3 is 2.48 bits per heavy atom. The Balaban J connectivity index is 1.24. The largest absolute Gasteiger partial charge is 0.479 e. The van der Waals surface area contributed by atoms with Crippen LogP contribution in [0.4, 0.5) is 13.2 Å². The van der Waals surface area contributed by atoms with Gasteiger partial charge in [-0.3, -0.25) is 4.79 Å². The van der Waals surface area contributed by atoms with Crippen LogP contribution in [-0.4, -0.2) is 27.7 Å². The normalized spacial score (nSPS) is 32.6. The second kappa shape index (κ2) is 6.73. The number of fused-ring (bicyclic) bond motifs is 3. The van der Waals surface area contributed by atoms with Crippen LogP contribution < -0.4 is 10.1 Å². The summed E-state index contributed by atoms with van der Waals surface area (Å²) in [4.78, 5) is 13.3. The molecule has 1 N–H and O–H groups in total. The van der Waals surface area contributed by atoms with Crippen molar-refractivity contribution in [2.24, 2.45) is 0 Å². The van der Waals surface area contributed by atoms with Gasteiger partial charge in [-0.15, -0.1) is 10.2 Å². The van der Waals surface area contributed by atoms with Gasteiger partial charge in [-0.25, -0.2) is 0 Å². The second-order valence-corrected chi connectivity index (χ2v) is 10.4. The molecular weight excluding hydrogens is 435 g/mol. The number of aryl methyl sites for hydroxylation is 1. The van der Waals surface area contributed by atoms with Gasteiger partial charge < -0.3 is 14.5 Å². The number of carbonyl (C=O) groups excluding carboxylic acids is 1. The predicted molar refractivity (Wildman–Crippen MR) is 111 cm³/mol. The van der Waals surface area contributed by atoms with Crippen molar-refractivity contribution in [1.82, 2.24) is 15.5 Å². The van der Waals surface area contributed by atoms with Crippen LogP contribution in [0.3, 0.4) is 0 Å². The van der Waals surface area contributed by atoms with Crippen LogP contribution >= 0.6 is 0 Å². The summed E-state index contributed by atoms with van der Waals surface area (Å²) >= 11 is 0. The van der Waals surface area contributed by atoms with Crippen molar-refractivity contribution in [1.29, 1.82) is 0 Å². The maximum Gasteiger partial charge on any atom is 0.419 e. The fourth-order valence-corrected chi connectivity index (χ4v) is 6.19. The van der Waals surface area contributed by atoms with Gasteiger partial charge in [-0.05, 0) is 62.5 Å². The molecule has 2 bridgehead atoms. The molecule has 1 amide bonds. The van der Waals surface area contributed by atoms with Gasteiger partial charge in [0.2, 0.25) is 11.8 Å². The number of ether oxygens (including phenoxy) is 1. The number of halogens is 3. The topological polar surface area (TPSA) is 77.2 Å². The highest BCUT2D eigenvalue weighted by Crippen LogP contribution is 2.57. The Labute approximate surface area is 189 Å². The summed E-state index contributed by atoms with van der Waals surface area (Å²) in [7, 11) is 0. The first-order chi connectivity index (χ1) is 15.6. The predicted octanol–water partition coefficient (Wildman–Crippen LogP) is 4.91. The molecular formula is C24H26F3N3O3. The van der Waals surface area contributed by atoms with E-state index < -0.39 is 29.3 Å². The highest BCUT2D eigenvalue weighted by atomic mass is 19.4. The van der Waals surface area contributed by atoms with Gasteiger partial charge in [0, 0.05) is 23.9 Å². The van der Waals surface area contributed by atoms with E-state index in [2.05, 4.69) is 15.5 Å². The minimum Gasteiger partial charge on any atom is -0.479 e. The summed E-state index contributed by atoms with van der Waals surface area (Å²) in [6, 6.07) is 3.02. The minimum absolute atomic E-state index is 0.175. The first-order valence-electron chi connectivity index (χ1n) is 11.6. The molecule has 0 radical (unpaired) electrons. The van der Waals surface area contributed by atoms with E-state index in [0.29, 0.717) is 29.3 Å². The SMILES string of the molecule is Cc1nnc(C23CCC(NC(=O)C4Oc5c(cc(C6CC6)cc5C(F)(F)F)C4C)(CC2)C3)o1. The van der Waals surface area contributed by atoms with Crippen LogP contribution in [0, 0.1) is 6.92 Å². The van der Waals surface area contributed by atoms with Crippen LogP contribution in [-0.2, 0) is 16.4 Å². The number of rotatable bonds is 4. The third kappa shape index (κ3) is 3.26. The molecule has 1 aliphatic heterocycles. The molecule has 9 heteroatoms. The van der Waals surface area contributed by atoms with E-state index in [4.69, 9.17) is 9.15 Å². The molecule has 0 spiro atoms. The van der Waals surface area contributed by atoms with E-state index in [1.54, 1.807) is 13.8 Å². The van der Waals surface area contributed by atoms with Crippen molar-refractivity contribution >= 4 is 5.91 Å². The van der Waals surface area contributed by atoms with Crippen LogP contribution in [0.15, 0.2) is 16.5 Å². The van der Waals surface area contributed by atoms with Gasteiger partial charge in [0.25, 0.3) is 5.91 Å². The summed E-state index contributed by atoms with van der Waals surface area (Å²) in [5, 5.41) is 11.3. The van der Waals surface area contributed by atoms with E-state index in [0.717, 1.165) is 38.5 Å². The molecule has 33 heavy (non-hydrogen) atoms. The van der Waals surface area contributed by atoms with Crippen LogP contribution in [0.1, 0.15) is 92.2 Å². The fourth-order valence-electron chi connectivity index (χ4n) is 6.19. The molecule has 1 aromatic heterocycles. The third-order valence-electron chi connectivity index (χ3n) is 8.15. The Kier molecular flexibility index (Phi) is 4.28. The Bertz CT molecular complexity index is 1130. The number of hydrogen-bond donors (Lipinski definition) is 1. The quantitative estimate of drug-likeness (QED) is 0.700. The zero-order valence-corrected chi connectivity index (χ0v) is 18.6. The molecule has 0 saturated heterocycles. The number of nitrogens with zero attached hydrogens (tertiary/aromatic N) is 2. The summed E-state index contributed by atoms with van der Waals surface area (Å²) in [6.07, 6.45) is 0.197. The van der Waals surface area contributed by atoms with Crippen molar-refractivity contribution in [3.63, 3.8) is 0 Å². The summed E-state index contributed by atoms with van der Waals surface area (Å²) in [6.45, 7) is 3.53. The second-order valence-electron chi connectivity index (χ2n) is 10.4. The van der Waals surface area contributed by atoms with Crippen molar-refractivity contribution in [2.45, 2.75) is 93.9 Å². The zero-order valence-electron chi connectivity index (χ0n) is 18.6. The van der Waals surface area contributed by atoms with Gasteiger partial charge in [-0.2, -0.15) is 13.2 Å². The smallest absolute Gasteiger partial charge is 0.419 e. The molecule has 176 valence electrons. The molecule has 2 unspecified atom stereocenters. The van der Waals surface area contributed by atoms with E-state index in [1.165, 1.54) is 6.07 Å². The Hall–Kier alpha value is -2.58. The first kappa shape index (κ1) is 21.0. The van der Waals surface area contributed by atoms with E-state index in [1.807, 2.05) is 6.07 Å². The summed E-state index contributed by atoms with van der Waals surface area (Å²) in [5.74, 6) is 0.319. The monoisotopic (exact) mass is 461 g/mol. The fraction of sp³-hybridized carbons (Fsp3) is 0.625. The standard InChI is InChI=1S/C24H26F3N3O3/c1-12-16-9-15(14-3-4-14)10-17(24(25,26)27)19(16)33-18(12)20(31)28-23-7-5-22(11-23,6-8-23)21-30-29-13(2)32-21/h9-10,12,14,18H,3-8,11H2,1-2H3,(H,28,31). The van der Waals surface area contributed by atoms with Gasteiger partial charge in [0.1, 0.15) is 5.75 Å². The molecule has 4 aliphatic rings. The number of alkyl halides is 3. The number of nitrogens with one attached hydrogen (secondary N) is 1. The number of amides is 1. The molecule has 6 nitrogen and oxygen atoms in total. The molecule has 6 rings (SSSR count). The molecule has 1 aromatic carbocycles. The summed E-state index contributed by atoms with van der Waals surface area (Å²) < 4.78 is 52.9. The van der Waals surface area contributed by atoms with Crippen LogP contribution in [0.25, 0.3) is 0 Å². The lowest BCUT2D eigenvalue weighted by molar-refractivity contribution is -0.140. The van der Waals surface area contributed by atoms with Gasteiger partial charge >= 0.3 is 6.18 Å². The highest BCUT2D eigenvalue weighted by molar-refractivity contribution is 5.84. The minimum atomic E-state index is -4.53. The van der Waals surface area contributed by atoms with E-state index in [-0.39, 0.29) is 23.0 Å². The zero-order chi connectivity index (χ0) is 23.2.